The molecule has 2 rings (SSSR count). The van der Waals surface area contributed by atoms with Crippen LogP contribution in [-0.2, 0) is 4.79 Å². The molecule has 1 aliphatic rings. The zero-order chi connectivity index (χ0) is 14.6. The highest BCUT2D eigenvalue weighted by Crippen LogP contribution is 2.29. The Labute approximate surface area is 129 Å². The minimum Gasteiger partial charge on any atom is -0.349 e. The maximum absolute atomic E-state index is 12.2. The van der Waals surface area contributed by atoms with Crippen LogP contribution in [0, 0.1) is 0 Å². The maximum Gasteiger partial charge on any atom is 0.222 e. The van der Waals surface area contributed by atoms with Gasteiger partial charge in [0.2, 0.25) is 5.91 Å². The summed E-state index contributed by atoms with van der Waals surface area (Å²) in [6.45, 7) is 2.00. The molecule has 3 N–H and O–H groups in total. The lowest BCUT2D eigenvalue weighted by molar-refractivity contribution is -0.123. The molecule has 4 heteroatoms. The molecule has 0 aliphatic heterocycles. The summed E-state index contributed by atoms with van der Waals surface area (Å²) < 4.78 is 1.02. The fourth-order valence-corrected chi connectivity index (χ4v) is 3.58. The monoisotopic (exact) mass is 338 g/mol. The highest BCUT2D eigenvalue weighted by atomic mass is 79.9. The van der Waals surface area contributed by atoms with Gasteiger partial charge >= 0.3 is 0 Å². The van der Waals surface area contributed by atoms with Crippen molar-refractivity contribution in [3.05, 3.63) is 34.3 Å². The van der Waals surface area contributed by atoms with Crippen LogP contribution in [0.3, 0.4) is 0 Å². The van der Waals surface area contributed by atoms with Crippen molar-refractivity contribution < 1.29 is 4.79 Å². The molecule has 0 spiro atoms. The number of nitrogens with one attached hydrogen (secondary N) is 1. The van der Waals surface area contributed by atoms with E-state index in [9.17, 15) is 4.79 Å². The number of carbonyl (C=O) groups is 1. The van der Waals surface area contributed by atoms with E-state index >= 15 is 0 Å². The topological polar surface area (TPSA) is 55.1 Å². The van der Waals surface area contributed by atoms with Crippen LogP contribution in [0.1, 0.15) is 57.1 Å². The van der Waals surface area contributed by atoms with Crippen LogP contribution in [-0.4, -0.2) is 11.4 Å². The first kappa shape index (κ1) is 15.5. The minimum absolute atomic E-state index is 0.00901. The van der Waals surface area contributed by atoms with Crippen LogP contribution in [0.4, 0.5) is 0 Å². The highest BCUT2D eigenvalue weighted by Gasteiger charge is 2.30. The first-order chi connectivity index (χ1) is 9.50. The standard InChI is InChI=1S/C16H23BrN2O/c1-12(13-7-3-4-8-14(13)17)19-15(20)11-16(18)9-5-2-6-10-16/h3-4,7-8,12H,2,5-6,9-11,18H2,1H3,(H,19,20). The van der Waals surface area contributed by atoms with Gasteiger partial charge in [0.15, 0.2) is 0 Å². The Morgan fingerprint density at radius 3 is 2.65 bits per heavy atom. The summed E-state index contributed by atoms with van der Waals surface area (Å²) in [5.41, 5.74) is 7.13. The Hall–Kier alpha value is -0.870. The third-order valence-electron chi connectivity index (χ3n) is 4.11. The van der Waals surface area contributed by atoms with Crippen LogP contribution >= 0.6 is 15.9 Å². The van der Waals surface area contributed by atoms with E-state index in [1.807, 2.05) is 31.2 Å². The molecule has 0 saturated heterocycles. The van der Waals surface area contributed by atoms with Crippen molar-refractivity contribution in [1.29, 1.82) is 0 Å². The summed E-state index contributed by atoms with van der Waals surface area (Å²) in [5, 5.41) is 3.06. The molecule has 0 radical (unpaired) electrons. The number of benzene rings is 1. The third-order valence-corrected chi connectivity index (χ3v) is 4.83. The molecular weight excluding hydrogens is 316 g/mol. The highest BCUT2D eigenvalue weighted by molar-refractivity contribution is 9.10. The number of hydrogen-bond acceptors (Lipinski definition) is 2. The average Bonchev–Trinajstić information content (AvgIpc) is 2.39. The smallest absolute Gasteiger partial charge is 0.222 e. The first-order valence-electron chi connectivity index (χ1n) is 7.33. The van der Waals surface area contributed by atoms with Crippen LogP contribution in [0.25, 0.3) is 0 Å². The predicted octanol–water partition coefficient (Wildman–Crippen LogP) is 3.68. The Kier molecular flexibility index (Phi) is 5.22. The largest absolute Gasteiger partial charge is 0.349 e. The number of carbonyl (C=O) groups excluding carboxylic acids is 1. The van der Waals surface area contributed by atoms with Gasteiger partial charge in [-0.3, -0.25) is 4.79 Å². The van der Waals surface area contributed by atoms with Crippen molar-refractivity contribution in [3.8, 4) is 0 Å². The molecule has 1 fully saturated rings. The van der Waals surface area contributed by atoms with Gasteiger partial charge in [-0.25, -0.2) is 0 Å². The summed E-state index contributed by atoms with van der Waals surface area (Å²) in [6.07, 6.45) is 5.89. The molecule has 110 valence electrons. The summed E-state index contributed by atoms with van der Waals surface area (Å²) in [7, 11) is 0. The van der Waals surface area contributed by atoms with E-state index < -0.39 is 0 Å². The Morgan fingerprint density at radius 1 is 1.35 bits per heavy atom. The van der Waals surface area contributed by atoms with Crippen molar-refractivity contribution >= 4 is 21.8 Å². The molecule has 1 atom stereocenters. The summed E-state index contributed by atoms with van der Waals surface area (Å²) in [5.74, 6) is 0.0534. The number of halogens is 1. The van der Waals surface area contributed by atoms with Gasteiger partial charge in [-0.05, 0) is 31.4 Å². The van der Waals surface area contributed by atoms with Gasteiger partial charge in [-0.1, -0.05) is 53.4 Å². The van der Waals surface area contributed by atoms with Crippen molar-refractivity contribution in [3.63, 3.8) is 0 Å². The summed E-state index contributed by atoms with van der Waals surface area (Å²) in [6, 6.07) is 7.95. The lowest BCUT2D eigenvalue weighted by atomic mass is 9.80. The van der Waals surface area contributed by atoms with Crippen molar-refractivity contribution in [2.24, 2.45) is 5.73 Å². The van der Waals surface area contributed by atoms with Crippen LogP contribution in [0.5, 0.6) is 0 Å². The average molecular weight is 339 g/mol. The third kappa shape index (κ3) is 4.06. The van der Waals surface area contributed by atoms with E-state index in [1.165, 1.54) is 6.42 Å². The van der Waals surface area contributed by atoms with E-state index in [1.54, 1.807) is 0 Å². The second kappa shape index (κ2) is 6.72. The first-order valence-corrected chi connectivity index (χ1v) is 8.12. The normalized spacial score (nSPS) is 19.4. The van der Waals surface area contributed by atoms with Gasteiger partial charge in [0.05, 0.1) is 6.04 Å². The lowest BCUT2D eigenvalue weighted by Gasteiger charge is -2.33. The maximum atomic E-state index is 12.2. The summed E-state index contributed by atoms with van der Waals surface area (Å²) in [4.78, 5) is 12.2. The zero-order valence-electron chi connectivity index (χ0n) is 12.0. The zero-order valence-corrected chi connectivity index (χ0v) is 13.6. The molecule has 0 heterocycles. The fraction of sp³-hybridized carbons (Fsp3) is 0.562. The number of nitrogens with two attached hydrogens (primary N) is 1. The van der Waals surface area contributed by atoms with Crippen LogP contribution in [0.2, 0.25) is 0 Å². The van der Waals surface area contributed by atoms with Crippen molar-refractivity contribution in [2.45, 2.75) is 57.0 Å². The molecule has 1 amide bonds. The fourth-order valence-electron chi connectivity index (χ4n) is 2.95. The molecule has 1 aromatic carbocycles. The number of amides is 1. The van der Waals surface area contributed by atoms with Crippen molar-refractivity contribution in [1.82, 2.24) is 5.32 Å². The Balaban J connectivity index is 1.92. The van der Waals surface area contributed by atoms with E-state index in [-0.39, 0.29) is 17.5 Å². The number of rotatable bonds is 4. The molecule has 1 unspecified atom stereocenters. The summed E-state index contributed by atoms with van der Waals surface area (Å²) >= 11 is 3.52. The van der Waals surface area contributed by atoms with E-state index in [4.69, 9.17) is 5.73 Å². The second-order valence-corrected chi connectivity index (χ2v) is 6.76. The SMILES string of the molecule is CC(NC(=O)CC1(N)CCCCC1)c1ccccc1Br. The molecule has 0 aromatic heterocycles. The van der Waals surface area contributed by atoms with Gasteiger partial charge < -0.3 is 11.1 Å². The Bertz CT molecular complexity index is 469. The van der Waals surface area contributed by atoms with E-state index in [0.717, 1.165) is 35.7 Å². The van der Waals surface area contributed by atoms with E-state index in [2.05, 4.69) is 21.2 Å². The molecule has 0 bridgehead atoms. The molecular formula is C16H23BrN2O. The van der Waals surface area contributed by atoms with Gasteiger partial charge in [-0.2, -0.15) is 0 Å². The quantitative estimate of drug-likeness (QED) is 0.879. The molecule has 20 heavy (non-hydrogen) atoms. The Morgan fingerprint density at radius 2 is 2.00 bits per heavy atom. The molecule has 1 aromatic rings. The molecule has 1 saturated carbocycles. The van der Waals surface area contributed by atoms with Crippen molar-refractivity contribution in [2.75, 3.05) is 0 Å². The lowest BCUT2D eigenvalue weighted by Crippen LogP contribution is -2.46. The predicted molar refractivity (Wildman–Crippen MR) is 85.3 cm³/mol. The van der Waals surface area contributed by atoms with E-state index in [0.29, 0.717) is 6.42 Å². The van der Waals surface area contributed by atoms with Crippen LogP contribution < -0.4 is 11.1 Å². The van der Waals surface area contributed by atoms with Gasteiger partial charge in [-0.15, -0.1) is 0 Å². The number of hydrogen-bond donors (Lipinski definition) is 2. The van der Waals surface area contributed by atoms with Gasteiger partial charge in [0.1, 0.15) is 0 Å². The van der Waals surface area contributed by atoms with Crippen LogP contribution in [0.15, 0.2) is 28.7 Å². The molecule has 1 aliphatic carbocycles. The minimum atomic E-state index is -0.296. The van der Waals surface area contributed by atoms with Gasteiger partial charge in [0.25, 0.3) is 0 Å². The van der Waals surface area contributed by atoms with Gasteiger partial charge in [0, 0.05) is 16.4 Å². The molecule has 3 nitrogen and oxygen atoms in total. The second-order valence-electron chi connectivity index (χ2n) is 5.91.